The van der Waals surface area contributed by atoms with Gasteiger partial charge in [0.15, 0.2) is 5.75 Å². The number of ether oxygens (including phenoxy) is 1. The number of hydrogen-bond acceptors (Lipinski definition) is 3. The van der Waals surface area contributed by atoms with Crippen LogP contribution < -0.4 is 15.8 Å². The number of benzene rings is 2. The Morgan fingerprint density at radius 3 is 2.61 bits per heavy atom. The maximum Gasteiger partial charge on any atom is 0.227 e. The first-order valence-corrected chi connectivity index (χ1v) is 8.11. The molecule has 0 heterocycles. The first-order chi connectivity index (χ1) is 11.3. The van der Waals surface area contributed by atoms with Gasteiger partial charge in [0.05, 0.1) is 5.69 Å². The lowest BCUT2D eigenvalue weighted by Gasteiger charge is -2.18. The summed E-state index contributed by atoms with van der Waals surface area (Å²) in [4.78, 5) is 12.6. The van der Waals surface area contributed by atoms with Crippen LogP contribution in [0.15, 0.2) is 54.6 Å². The van der Waals surface area contributed by atoms with Crippen LogP contribution >= 0.6 is 0 Å². The molecule has 2 aromatic rings. The third kappa shape index (κ3) is 3.71. The molecule has 2 aromatic carbocycles. The molecule has 1 fully saturated rings. The fourth-order valence-corrected chi connectivity index (χ4v) is 3.16. The number of rotatable bonds is 5. The lowest BCUT2D eigenvalue weighted by molar-refractivity contribution is -0.120. The molecule has 0 unspecified atom stereocenters. The van der Waals surface area contributed by atoms with Gasteiger partial charge in [-0.05, 0) is 49.6 Å². The van der Waals surface area contributed by atoms with Gasteiger partial charge >= 0.3 is 0 Å². The van der Waals surface area contributed by atoms with Crippen LogP contribution in [0.3, 0.4) is 0 Å². The molecule has 1 saturated carbocycles. The van der Waals surface area contributed by atoms with E-state index in [1.807, 2.05) is 54.6 Å². The first-order valence-electron chi connectivity index (χ1n) is 8.11. The lowest BCUT2D eigenvalue weighted by atomic mass is 9.95. The smallest absolute Gasteiger partial charge is 0.227 e. The summed E-state index contributed by atoms with van der Waals surface area (Å²) >= 11 is 0. The number of carbonyl (C=O) groups excluding carboxylic acids is 1. The van der Waals surface area contributed by atoms with Gasteiger partial charge in [0.1, 0.15) is 5.75 Å². The molecule has 2 atom stereocenters. The third-order valence-corrected chi connectivity index (χ3v) is 4.41. The van der Waals surface area contributed by atoms with Crippen LogP contribution in [0.1, 0.15) is 19.3 Å². The monoisotopic (exact) mass is 310 g/mol. The van der Waals surface area contributed by atoms with Crippen LogP contribution in [-0.2, 0) is 4.79 Å². The van der Waals surface area contributed by atoms with Gasteiger partial charge < -0.3 is 15.8 Å². The number of nitrogens with one attached hydrogen (secondary N) is 1. The van der Waals surface area contributed by atoms with E-state index in [4.69, 9.17) is 10.5 Å². The SMILES string of the molecule is NC[C@H]1CCC[C@H]1C(=O)Nc1ccccc1Oc1ccccc1. The van der Waals surface area contributed by atoms with Crippen molar-refractivity contribution in [1.82, 2.24) is 0 Å². The van der Waals surface area contributed by atoms with Gasteiger partial charge in [0.25, 0.3) is 0 Å². The maximum absolute atomic E-state index is 12.6. The molecule has 1 amide bonds. The molecule has 1 aliphatic carbocycles. The fourth-order valence-electron chi connectivity index (χ4n) is 3.16. The van der Waals surface area contributed by atoms with Crippen LogP contribution in [0.4, 0.5) is 5.69 Å². The fraction of sp³-hybridized carbons (Fsp3) is 0.316. The summed E-state index contributed by atoms with van der Waals surface area (Å²) in [6.45, 7) is 0.570. The zero-order chi connectivity index (χ0) is 16.1. The maximum atomic E-state index is 12.6. The van der Waals surface area contributed by atoms with Crippen molar-refractivity contribution in [3.8, 4) is 11.5 Å². The topological polar surface area (TPSA) is 64.4 Å². The number of hydrogen-bond donors (Lipinski definition) is 2. The van der Waals surface area contributed by atoms with Gasteiger partial charge in [0, 0.05) is 5.92 Å². The van der Waals surface area contributed by atoms with Crippen LogP contribution in [-0.4, -0.2) is 12.5 Å². The second-order valence-corrected chi connectivity index (χ2v) is 5.93. The highest BCUT2D eigenvalue weighted by Crippen LogP contribution is 2.34. The van der Waals surface area contributed by atoms with Gasteiger partial charge in [-0.25, -0.2) is 0 Å². The van der Waals surface area contributed by atoms with Crippen molar-refractivity contribution < 1.29 is 9.53 Å². The number of nitrogens with two attached hydrogens (primary N) is 1. The second kappa shape index (κ2) is 7.29. The predicted molar refractivity (Wildman–Crippen MR) is 91.5 cm³/mol. The molecule has 23 heavy (non-hydrogen) atoms. The average molecular weight is 310 g/mol. The minimum Gasteiger partial charge on any atom is -0.455 e. The summed E-state index contributed by atoms with van der Waals surface area (Å²) in [5.74, 6) is 1.73. The van der Waals surface area contributed by atoms with E-state index in [-0.39, 0.29) is 17.7 Å². The zero-order valence-electron chi connectivity index (χ0n) is 13.1. The van der Waals surface area contributed by atoms with Crippen molar-refractivity contribution in [1.29, 1.82) is 0 Å². The summed E-state index contributed by atoms with van der Waals surface area (Å²) in [6, 6.07) is 17.1. The molecular weight excluding hydrogens is 288 g/mol. The first kappa shape index (κ1) is 15.6. The van der Waals surface area contributed by atoms with Gasteiger partial charge in [-0.2, -0.15) is 0 Å². The molecule has 0 radical (unpaired) electrons. The van der Waals surface area contributed by atoms with Gasteiger partial charge in [-0.15, -0.1) is 0 Å². The molecule has 0 spiro atoms. The van der Waals surface area contributed by atoms with Crippen LogP contribution in [0, 0.1) is 11.8 Å². The standard InChI is InChI=1S/C19H22N2O2/c20-13-14-7-6-10-16(14)19(22)21-17-11-4-5-12-18(17)23-15-8-2-1-3-9-15/h1-5,8-9,11-12,14,16H,6-7,10,13,20H2,(H,21,22)/t14-,16-/m1/s1. The molecule has 0 aromatic heterocycles. The average Bonchev–Trinajstić information content (AvgIpc) is 3.06. The Hall–Kier alpha value is -2.33. The van der Waals surface area contributed by atoms with E-state index in [1.54, 1.807) is 0 Å². The largest absolute Gasteiger partial charge is 0.455 e. The van der Waals surface area contributed by atoms with E-state index < -0.39 is 0 Å². The van der Waals surface area contributed by atoms with Crippen molar-refractivity contribution in [2.75, 3.05) is 11.9 Å². The van der Waals surface area contributed by atoms with E-state index >= 15 is 0 Å². The Labute approximate surface area is 136 Å². The van der Waals surface area contributed by atoms with Crippen LogP contribution in [0.25, 0.3) is 0 Å². The Balaban J connectivity index is 1.74. The van der Waals surface area contributed by atoms with E-state index in [1.165, 1.54) is 0 Å². The summed E-state index contributed by atoms with van der Waals surface area (Å²) < 4.78 is 5.89. The number of anilines is 1. The Morgan fingerprint density at radius 2 is 1.83 bits per heavy atom. The molecule has 3 rings (SSSR count). The van der Waals surface area contributed by atoms with Crippen LogP contribution in [0.2, 0.25) is 0 Å². The minimum atomic E-state index is 0.00443. The quantitative estimate of drug-likeness (QED) is 0.883. The van der Waals surface area contributed by atoms with Crippen molar-refractivity contribution >= 4 is 11.6 Å². The molecule has 0 saturated heterocycles. The minimum absolute atomic E-state index is 0.00443. The number of para-hydroxylation sites is 3. The van der Waals surface area contributed by atoms with E-state index in [0.29, 0.717) is 18.0 Å². The highest BCUT2D eigenvalue weighted by molar-refractivity contribution is 5.94. The summed E-state index contributed by atoms with van der Waals surface area (Å²) in [6.07, 6.45) is 3.02. The highest BCUT2D eigenvalue weighted by atomic mass is 16.5. The molecule has 1 aliphatic rings. The van der Waals surface area contributed by atoms with Crippen molar-refractivity contribution in [3.05, 3.63) is 54.6 Å². The van der Waals surface area contributed by atoms with Crippen LogP contribution in [0.5, 0.6) is 11.5 Å². The zero-order valence-corrected chi connectivity index (χ0v) is 13.1. The van der Waals surface area contributed by atoms with E-state index in [9.17, 15) is 4.79 Å². The third-order valence-electron chi connectivity index (χ3n) is 4.41. The molecule has 0 bridgehead atoms. The molecule has 3 N–H and O–H groups in total. The number of amides is 1. The lowest BCUT2D eigenvalue weighted by Crippen LogP contribution is -2.29. The summed E-state index contributed by atoms with van der Waals surface area (Å²) in [5.41, 5.74) is 6.48. The molecular formula is C19H22N2O2. The molecule has 4 heteroatoms. The highest BCUT2D eigenvalue weighted by Gasteiger charge is 2.32. The van der Waals surface area contributed by atoms with Gasteiger partial charge in [0.2, 0.25) is 5.91 Å². The van der Waals surface area contributed by atoms with Crippen molar-refractivity contribution in [2.24, 2.45) is 17.6 Å². The Morgan fingerprint density at radius 1 is 1.09 bits per heavy atom. The Kier molecular flexibility index (Phi) is 4.93. The van der Waals surface area contributed by atoms with Gasteiger partial charge in [-0.1, -0.05) is 36.8 Å². The molecule has 120 valence electrons. The number of carbonyl (C=O) groups is 1. The molecule has 4 nitrogen and oxygen atoms in total. The molecule has 0 aliphatic heterocycles. The summed E-state index contributed by atoms with van der Waals surface area (Å²) in [5, 5.41) is 3.02. The Bertz CT molecular complexity index is 657. The van der Waals surface area contributed by atoms with Crippen molar-refractivity contribution in [2.45, 2.75) is 19.3 Å². The second-order valence-electron chi connectivity index (χ2n) is 5.93. The normalized spacial score (nSPS) is 20.2. The summed E-state index contributed by atoms with van der Waals surface area (Å²) in [7, 11) is 0. The van der Waals surface area contributed by atoms with E-state index in [0.717, 1.165) is 25.0 Å². The van der Waals surface area contributed by atoms with Crippen molar-refractivity contribution in [3.63, 3.8) is 0 Å². The van der Waals surface area contributed by atoms with E-state index in [2.05, 4.69) is 5.32 Å². The van der Waals surface area contributed by atoms with Gasteiger partial charge in [-0.3, -0.25) is 4.79 Å². The predicted octanol–water partition coefficient (Wildman–Crippen LogP) is 3.79.